The standard InChI is InChI=1S/C20H20F2N4O4/c1-3-4-20(2)16-10(8-30-20)7-23-17(26-16)19(28)24-13-9-29-14-6-11(21)5-12(22)15(14)25-18(13)27/h5-7,13H,3-4,8-9H2,1-2H3,(H,24,28)(H,25,27)/t13-,20-/m0/s1. The zero-order valence-electron chi connectivity index (χ0n) is 16.4. The third kappa shape index (κ3) is 3.58. The molecule has 3 heterocycles. The molecule has 8 nitrogen and oxygen atoms in total. The van der Waals surface area contributed by atoms with Gasteiger partial charge >= 0.3 is 0 Å². The van der Waals surface area contributed by atoms with E-state index in [2.05, 4.69) is 20.6 Å². The first-order valence-electron chi connectivity index (χ1n) is 9.54. The fraction of sp³-hybridized carbons (Fsp3) is 0.400. The molecule has 2 atom stereocenters. The molecule has 0 spiro atoms. The van der Waals surface area contributed by atoms with Crippen LogP contribution in [0, 0.1) is 11.6 Å². The second-order valence-corrected chi connectivity index (χ2v) is 7.42. The van der Waals surface area contributed by atoms with Gasteiger partial charge in [-0.15, -0.1) is 0 Å². The summed E-state index contributed by atoms with van der Waals surface area (Å²) < 4.78 is 38.5. The number of carbonyl (C=O) groups is 2. The minimum Gasteiger partial charge on any atom is -0.488 e. The highest BCUT2D eigenvalue weighted by Gasteiger charge is 2.38. The van der Waals surface area contributed by atoms with Crippen molar-refractivity contribution in [2.75, 3.05) is 11.9 Å². The van der Waals surface area contributed by atoms with E-state index in [-0.39, 0.29) is 23.9 Å². The molecule has 30 heavy (non-hydrogen) atoms. The van der Waals surface area contributed by atoms with Crippen LogP contribution in [0.1, 0.15) is 48.6 Å². The van der Waals surface area contributed by atoms with E-state index in [1.54, 1.807) is 0 Å². The van der Waals surface area contributed by atoms with Crippen LogP contribution in [0.25, 0.3) is 0 Å². The van der Waals surface area contributed by atoms with Gasteiger partial charge in [-0.1, -0.05) is 13.3 Å². The van der Waals surface area contributed by atoms with Crippen LogP contribution in [0.5, 0.6) is 5.75 Å². The second kappa shape index (κ2) is 7.60. The number of hydrogen-bond acceptors (Lipinski definition) is 6. The van der Waals surface area contributed by atoms with Gasteiger partial charge in [0.15, 0.2) is 5.82 Å². The third-order valence-electron chi connectivity index (χ3n) is 5.14. The molecule has 2 aliphatic heterocycles. The van der Waals surface area contributed by atoms with Crippen LogP contribution in [0.15, 0.2) is 18.3 Å². The molecule has 0 radical (unpaired) electrons. The molecular weight excluding hydrogens is 398 g/mol. The molecule has 158 valence electrons. The fourth-order valence-electron chi connectivity index (χ4n) is 3.63. The highest BCUT2D eigenvalue weighted by molar-refractivity contribution is 6.01. The first-order valence-corrected chi connectivity index (χ1v) is 9.54. The molecule has 2 amide bonds. The van der Waals surface area contributed by atoms with Crippen molar-refractivity contribution in [3.8, 4) is 5.75 Å². The molecule has 2 aliphatic rings. The summed E-state index contributed by atoms with van der Waals surface area (Å²) in [5.41, 5.74) is 0.579. The smallest absolute Gasteiger partial charge is 0.289 e. The van der Waals surface area contributed by atoms with Crippen molar-refractivity contribution in [1.29, 1.82) is 0 Å². The van der Waals surface area contributed by atoms with E-state index < -0.39 is 35.1 Å². The van der Waals surface area contributed by atoms with Crippen LogP contribution in [-0.4, -0.2) is 34.4 Å². The largest absolute Gasteiger partial charge is 0.488 e. The number of amides is 2. The molecule has 0 bridgehead atoms. The van der Waals surface area contributed by atoms with E-state index in [0.717, 1.165) is 24.5 Å². The fourth-order valence-corrected chi connectivity index (χ4v) is 3.63. The Morgan fingerprint density at radius 2 is 2.20 bits per heavy atom. The summed E-state index contributed by atoms with van der Waals surface area (Å²) in [6, 6.07) is 0.443. The molecular formula is C20H20F2N4O4. The lowest BCUT2D eigenvalue weighted by molar-refractivity contribution is -0.118. The zero-order chi connectivity index (χ0) is 21.5. The normalized spacial score (nSPS) is 22.4. The van der Waals surface area contributed by atoms with Crippen LogP contribution in [0.3, 0.4) is 0 Å². The number of nitrogens with zero attached hydrogens (tertiary/aromatic N) is 2. The number of carbonyl (C=O) groups excluding carboxylic acids is 2. The van der Waals surface area contributed by atoms with Crippen LogP contribution in [-0.2, 0) is 21.7 Å². The van der Waals surface area contributed by atoms with E-state index in [4.69, 9.17) is 9.47 Å². The molecule has 0 saturated heterocycles. The SMILES string of the molecule is CCC[C@]1(C)OCc2cnc(C(=O)N[C@H]3COc4cc(F)cc(F)c4NC3=O)nc21. The van der Waals surface area contributed by atoms with Crippen molar-refractivity contribution in [1.82, 2.24) is 15.3 Å². The first-order chi connectivity index (χ1) is 14.3. The Kier molecular flexibility index (Phi) is 5.10. The van der Waals surface area contributed by atoms with Crippen molar-refractivity contribution >= 4 is 17.5 Å². The highest BCUT2D eigenvalue weighted by atomic mass is 19.1. The summed E-state index contributed by atoms with van der Waals surface area (Å²) in [6.07, 6.45) is 3.14. The molecule has 1 aromatic heterocycles. The van der Waals surface area contributed by atoms with Crippen molar-refractivity contribution in [2.24, 2.45) is 0 Å². The van der Waals surface area contributed by atoms with Crippen LogP contribution >= 0.6 is 0 Å². The van der Waals surface area contributed by atoms with Gasteiger partial charge in [-0.2, -0.15) is 0 Å². The van der Waals surface area contributed by atoms with Crippen LogP contribution in [0.4, 0.5) is 14.5 Å². The summed E-state index contributed by atoms with van der Waals surface area (Å²) in [7, 11) is 0. The van der Waals surface area contributed by atoms with Gasteiger partial charge in [0.05, 0.1) is 12.3 Å². The number of hydrogen-bond donors (Lipinski definition) is 2. The molecule has 10 heteroatoms. The Labute approximate surface area is 171 Å². The summed E-state index contributed by atoms with van der Waals surface area (Å²) in [5.74, 6) is -3.47. The van der Waals surface area contributed by atoms with E-state index in [9.17, 15) is 18.4 Å². The molecule has 1 aromatic carbocycles. The minimum atomic E-state index is -1.15. The van der Waals surface area contributed by atoms with Gasteiger partial charge in [0.2, 0.25) is 5.82 Å². The Morgan fingerprint density at radius 1 is 1.40 bits per heavy atom. The van der Waals surface area contributed by atoms with Gasteiger partial charge in [0.25, 0.3) is 11.8 Å². The van der Waals surface area contributed by atoms with Gasteiger partial charge in [-0.3, -0.25) is 9.59 Å². The number of benzene rings is 1. The number of halogens is 2. The molecule has 0 saturated carbocycles. The van der Waals surface area contributed by atoms with Crippen molar-refractivity contribution in [3.63, 3.8) is 0 Å². The molecule has 0 unspecified atom stereocenters. The van der Waals surface area contributed by atoms with Crippen molar-refractivity contribution in [2.45, 2.75) is 44.9 Å². The quantitative estimate of drug-likeness (QED) is 0.791. The monoisotopic (exact) mass is 418 g/mol. The van der Waals surface area contributed by atoms with Crippen LogP contribution in [0.2, 0.25) is 0 Å². The zero-order valence-corrected chi connectivity index (χ0v) is 16.4. The van der Waals surface area contributed by atoms with E-state index >= 15 is 0 Å². The number of fused-ring (bicyclic) bond motifs is 2. The average Bonchev–Trinajstić information content (AvgIpc) is 2.94. The molecule has 2 N–H and O–H groups in total. The van der Waals surface area contributed by atoms with Gasteiger partial charge in [0.1, 0.15) is 35.5 Å². The van der Waals surface area contributed by atoms with Crippen molar-refractivity contribution < 1.29 is 27.8 Å². The third-order valence-corrected chi connectivity index (χ3v) is 5.14. The second-order valence-electron chi connectivity index (χ2n) is 7.42. The molecule has 0 aliphatic carbocycles. The summed E-state index contributed by atoms with van der Waals surface area (Å²) >= 11 is 0. The molecule has 4 rings (SSSR count). The maximum atomic E-state index is 13.9. The summed E-state index contributed by atoms with van der Waals surface area (Å²) in [6.45, 7) is 4.00. The Balaban J connectivity index is 1.52. The maximum absolute atomic E-state index is 13.9. The predicted molar refractivity (Wildman–Crippen MR) is 101 cm³/mol. The predicted octanol–water partition coefficient (Wildman–Crippen LogP) is 2.43. The average molecular weight is 418 g/mol. The number of rotatable bonds is 4. The lowest BCUT2D eigenvalue weighted by Gasteiger charge is -2.23. The Morgan fingerprint density at radius 3 is 2.97 bits per heavy atom. The number of aromatic nitrogens is 2. The van der Waals surface area contributed by atoms with Crippen molar-refractivity contribution in [3.05, 3.63) is 47.0 Å². The Hall–Kier alpha value is -3.14. The lowest BCUT2D eigenvalue weighted by Crippen LogP contribution is -2.47. The van der Waals surface area contributed by atoms with Gasteiger partial charge in [0, 0.05) is 23.9 Å². The van der Waals surface area contributed by atoms with E-state index in [1.165, 1.54) is 6.20 Å². The van der Waals surface area contributed by atoms with Gasteiger partial charge in [-0.05, 0) is 13.3 Å². The number of ether oxygens (including phenoxy) is 2. The maximum Gasteiger partial charge on any atom is 0.289 e. The van der Waals surface area contributed by atoms with Gasteiger partial charge < -0.3 is 20.1 Å². The van der Waals surface area contributed by atoms with E-state index in [1.807, 2.05) is 13.8 Å². The highest BCUT2D eigenvalue weighted by Crippen LogP contribution is 2.38. The van der Waals surface area contributed by atoms with Crippen LogP contribution < -0.4 is 15.4 Å². The topological polar surface area (TPSA) is 102 Å². The number of anilines is 1. The summed E-state index contributed by atoms with van der Waals surface area (Å²) in [5, 5.41) is 4.80. The first kappa shape index (κ1) is 20.1. The minimum absolute atomic E-state index is 0.117. The lowest BCUT2D eigenvalue weighted by atomic mass is 9.95. The molecule has 2 aromatic rings. The summed E-state index contributed by atoms with van der Waals surface area (Å²) in [4.78, 5) is 33.6. The Bertz CT molecular complexity index is 1030. The number of nitrogens with one attached hydrogen (secondary N) is 2. The van der Waals surface area contributed by atoms with E-state index in [0.29, 0.717) is 18.4 Å². The molecule has 0 fully saturated rings. The van der Waals surface area contributed by atoms with Gasteiger partial charge in [-0.25, -0.2) is 18.7 Å².